The van der Waals surface area contributed by atoms with E-state index < -0.39 is 0 Å². The van der Waals surface area contributed by atoms with Gasteiger partial charge in [0.05, 0.1) is 18.6 Å². The van der Waals surface area contributed by atoms with E-state index in [0.717, 1.165) is 24.2 Å². The zero-order valence-corrected chi connectivity index (χ0v) is 11.4. The molecule has 1 aromatic heterocycles. The van der Waals surface area contributed by atoms with Crippen molar-refractivity contribution in [1.82, 2.24) is 4.98 Å². The predicted octanol–water partition coefficient (Wildman–Crippen LogP) is 1.57. The van der Waals surface area contributed by atoms with Gasteiger partial charge in [0, 0.05) is 18.8 Å². The molecule has 0 amide bonds. The van der Waals surface area contributed by atoms with Crippen LogP contribution < -0.4 is 4.90 Å². The van der Waals surface area contributed by atoms with Crippen molar-refractivity contribution in [3.63, 3.8) is 0 Å². The maximum atomic E-state index is 11.5. The van der Waals surface area contributed by atoms with Crippen LogP contribution in [-0.4, -0.2) is 31.2 Å². The molecule has 0 radical (unpaired) electrons. The molecule has 0 saturated carbocycles. The SMILES string of the molecule is COC(=O)C1CCN(c2nc(C)cc(C)c2C#N)C1. The van der Waals surface area contributed by atoms with Gasteiger partial charge in [0.15, 0.2) is 0 Å². The van der Waals surface area contributed by atoms with Gasteiger partial charge in [-0.3, -0.25) is 4.79 Å². The van der Waals surface area contributed by atoms with Crippen LogP contribution in [0, 0.1) is 31.1 Å². The standard InChI is InChI=1S/C14H17N3O2/c1-9-6-10(2)16-13(12(9)7-15)17-5-4-11(8-17)14(18)19-3/h6,11H,4-5,8H2,1-3H3. The van der Waals surface area contributed by atoms with Crippen LogP contribution in [0.1, 0.15) is 23.2 Å². The molecule has 1 aliphatic heterocycles. The Morgan fingerprint density at radius 1 is 1.58 bits per heavy atom. The lowest BCUT2D eigenvalue weighted by atomic mass is 10.1. The number of carbonyl (C=O) groups is 1. The van der Waals surface area contributed by atoms with Crippen molar-refractivity contribution < 1.29 is 9.53 Å². The Labute approximate surface area is 112 Å². The Kier molecular flexibility index (Phi) is 3.70. The van der Waals surface area contributed by atoms with Gasteiger partial charge in [0.2, 0.25) is 0 Å². The Bertz CT molecular complexity index is 548. The molecule has 1 aromatic rings. The molecule has 1 unspecified atom stereocenters. The van der Waals surface area contributed by atoms with E-state index in [9.17, 15) is 10.1 Å². The average molecular weight is 259 g/mol. The molecule has 0 spiro atoms. The van der Waals surface area contributed by atoms with Gasteiger partial charge in [-0.2, -0.15) is 5.26 Å². The molecule has 2 heterocycles. The minimum absolute atomic E-state index is 0.126. The number of aromatic nitrogens is 1. The van der Waals surface area contributed by atoms with E-state index >= 15 is 0 Å². The molecular weight excluding hydrogens is 242 g/mol. The normalized spacial score (nSPS) is 18.2. The van der Waals surface area contributed by atoms with Crippen LogP contribution in [0.5, 0.6) is 0 Å². The first-order valence-electron chi connectivity index (χ1n) is 6.28. The highest BCUT2D eigenvalue weighted by Crippen LogP contribution is 2.27. The lowest BCUT2D eigenvalue weighted by Crippen LogP contribution is -2.25. The Hall–Kier alpha value is -2.09. The molecule has 19 heavy (non-hydrogen) atoms. The van der Waals surface area contributed by atoms with Gasteiger partial charge in [0.25, 0.3) is 0 Å². The molecular formula is C14H17N3O2. The Morgan fingerprint density at radius 3 is 2.95 bits per heavy atom. The molecule has 0 aromatic carbocycles. The van der Waals surface area contributed by atoms with E-state index in [1.54, 1.807) is 0 Å². The summed E-state index contributed by atoms with van der Waals surface area (Å²) in [5.74, 6) is 0.371. The summed E-state index contributed by atoms with van der Waals surface area (Å²) in [6.07, 6.45) is 0.742. The summed E-state index contributed by atoms with van der Waals surface area (Å²) in [7, 11) is 1.40. The van der Waals surface area contributed by atoms with Crippen molar-refractivity contribution in [3.8, 4) is 6.07 Å². The summed E-state index contributed by atoms with van der Waals surface area (Å²) in [5.41, 5.74) is 2.40. The highest BCUT2D eigenvalue weighted by Gasteiger charge is 2.31. The van der Waals surface area contributed by atoms with Crippen molar-refractivity contribution in [3.05, 3.63) is 22.9 Å². The number of pyridine rings is 1. The fourth-order valence-electron chi connectivity index (χ4n) is 2.50. The van der Waals surface area contributed by atoms with E-state index in [2.05, 4.69) is 11.1 Å². The van der Waals surface area contributed by atoms with E-state index in [1.165, 1.54) is 7.11 Å². The van der Waals surface area contributed by atoms with Crippen LogP contribution in [0.3, 0.4) is 0 Å². The van der Waals surface area contributed by atoms with Gasteiger partial charge in [-0.25, -0.2) is 4.98 Å². The Balaban J connectivity index is 2.29. The number of nitrogens with zero attached hydrogens (tertiary/aromatic N) is 3. The smallest absolute Gasteiger partial charge is 0.310 e. The summed E-state index contributed by atoms with van der Waals surface area (Å²) in [6, 6.07) is 4.10. The summed E-state index contributed by atoms with van der Waals surface area (Å²) < 4.78 is 4.77. The van der Waals surface area contributed by atoms with Crippen LogP contribution in [0.4, 0.5) is 5.82 Å². The van der Waals surface area contributed by atoms with E-state index in [0.29, 0.717) is 17.9 Å². The topological polar surface area (TPSA) is 66.2 Å². The highest BCUT2D eigenvalue weighted by atomic mass is 16.5. The van der Waals surface area contributed by atoms with Crippen molar-refractivity contribution >= 4 is 11.8 Å². The quantitative estimate of drug-likeness (QED) is 0.754. The molecule has 1 fully saturated rings. The number of methoxy groups -OCH3 is 1. The zero-order valence-electron chi connectivity index (χ0n) is 11.4. The minimum Gasteiger partial charge on any atom is -0.469 e. The van der Waals surface area contributed by atoms with Gasteiger partial charge < -0.3 is 9.64 Å². The number of anilines is 1. The summed E-state index contributed by atoms with van der Waals surface area (Å²) in [5, 5.41) is 9.26. The molecule has 0 bridgehead atoms. The first-order valence-corrected chi connectivity index (χ1v) is 6.28. The van der Waals surface area contributed by atoms with Crippen LogP contribution >= 0.6 is 0 Å². The molecule has 0 N–H and O–H groups in total. The largest absolute Gasteiger partial charge is 0.469 e. The number of aryl methyl sites for hydroxylation is 2. The van der Waals surface area contributed by atoms with E-state index in [-0.39, 0.29) is 11.9 Å². The van der Waals surface area contributed by atoms with E-state index in [1.807, 2.05) is 24.8 Å². The van der Waals surface area contributed by atoms with Crippen LogP contribution in [-0.2, 0) is 9.53 Å². The molecule has 0 aliphatic carbocycles. The number of esters is 1. The summed E-state index contributed by atoms with van der Waals surface area (Å²) in [4.78, 5) is 18.0. The van der Waals surface area contributed by atoms with Gasteiger partial charge in [0.1, 0.15) is 11.9 Å². The molecule has 100 valence electrons. The molecule has 5 heteroatoms. The summed E-state index contributed by atoms with van der Waals surface area (Å²) >= 11 is 0. The number of nitriles is 1. The molecule has 1 aliphatic rings. The number of ether oxygens (including phenoxy) is 1. The number of hydrogen-bond acceptors (Lipinski definition) is 5. The zero-order chi connectivity index (χ0) is 14.0. The first-order chi connectivity index (χ1) is 9.06. The maximum absolute atomic E-state index is 11.5. The second-order valence-corrected chi connectivity index (χ2v) is 4.85. The molecule has 2 rings (SSSR count). The second kappa shape index (κ2) is 5.27. The van der Waals surface area contributed by atoms with Gasteiger partial charge in [-0.05, 0) is 31.9 Å². The van der Waals surface area contributed by atoms with Gasteiger partial charge in [-0.15, -0.1) is 0 Å². The highest BCUT2D eigenvalue weighted by molar-refractivity contribution is 5.74. The van der Waals surface area contributed by atoms with Crippen molar-refractivity contribution in [2.45, 2.75) is 20.3 Å². The fraction of sp³-hybridized carbons (Fsp3) is 0.500. The minimum atomic E-state index is -0.189. The van der Waals surface area contributed by atoms with Crippen LogP contribution in [0.25, 0.3) is 0 Å². The van der Waals surface area contributed by atoms with Gasteiger partial charge >= 0.3 is 5.97 Å². The van der Waals surface area contributed by atoms with Gasteiger partial charge in [-0.1, -0.05) is 0 Å². The third-order valence-electron chi connectivity index (χ3n) is 3.46. The lowest BCUT2D eigenvalue weighted by Gasteiger charge is -2.19. The van der Waals surface area contributed by atoms with Crippen LogP contribution in [0.2, 0.25) is 0 Å². The average Bonchev–Trinajstić information content (AvgIpc) is 2.86. The van der Waals surface area contributed by atoms with Crippen molar-refractivity contribution in [2.75, 3.05) is 25.1 Å². The third kappa shape index (κ3) is 2.53. The Morgan fingerprint density at radius 2 is 2.32 bits per heavy atom. The number of carbonyl (C=O) groups excluding carboxylic acids is 1. The number of rotatable bonds is 2. The molecule has 5 nitrogen and oxygen atoms in total. The molecule has 1 saturated heterocycles. The monoisotopic (exact) mass is 259 g/mol. The third-order valence-corrected chi connectivity index (χ3v) is 3.46. The number of hydrogen-bond donors (Lipinski definition) is 0. The maximum Gasteiger partial charge on any atom is 0.310 e. The first kappa shape index (κ1) is 13.3. The predicted molar refractivity (Wildman–Crippen MR) is 70.8 cm³/mol. The molecule has 1 atom stereocenters. The van der Waals surface area contributed by atoms with Crippen molar-refractivity contribution in [2.24, 2.45) is 5.92 Å². The van der Waals surface area contributed by atoms with E-state index in [4.69, 9.17) is 4.74 Å². The van der Waals surface area contributed by atoms with Crippen molar-refractivity contribution in [1.29, 1.82) is 5.26 Å². The lowest BCUT2D eigenvalue weighted by molar-refractivity contribution is -0.144. The fourth-order valence-corrected chi connectivity index (χ4v) is 2.50. The van der Waals surface area contributed by atoms with Crippen LogP contribution in [0.15, 0.2) is 6.07 Å². The summed E-state index contributed by atoms with van der Waals surface area (Å²) in [6.45, 7) is 5.11. The second-order valence-electron chi connectivity index (χ2n) is 4.85.